The number of amides is 2. The molecule has 12 heteroatoms. The Labute approximate surface area is 276 Å². The molecule has 2 aromatic carbocycles. The zero-order chi connectivity index (χ0) is 33.7. The molecule has 3 aromatic rings. The van der Waals surface area contributed by atoms with Gasteiger partial charge in [0.05, 0.1) is 23.7 Å². The van der Waals surface area contributed by atoms with Crippen LogP contribution in [0.4, 0.5) is 10.7 Å². The fourth-order valence-corrected chi connectivity index (χ4v) is 8.54. The van der Waals surface area contributed by atoms with Crippen molar-refractivity contribution in [1.82, 2.24) is 20.2 Å². The number of ether oxygens (including phenoxy) is 2. The molecule has 1 spiro atoms. The summed E-state index contributed by atoms with van der Waals surface area (Å²) in [5.74, 6) is -0.133. The second kappa shape index (κ2) is 12.1. The number of aryl methyl sites for hydroxylation is 2. The lowest BCUT2D eigenvalue weighted by Crippen LogP contribution is -2.64. The Morgan fingerprint density at radius 3 is 2.40 bits per heavy atom. The van der Waals surface area contributed by atoms with E-state index in [1.807, 2.05) is 36.9 Å². The van der Waals surface area contributed by atoms with E-state index in [0.29, 0.717) is 12.1 Å². The molecule has 1 aromatic heterocycles. The van der Waals surface area contributed by atoms with Gasteiger partial charge in [0.15, 0.2) is 0 Å². The third kappa shape index (κ3) is 6.79. The van der Waals surface area contributed by atoms with Gasteiger partial charge in [-0.1, -0.05) is 45.0 Å². The summed E-state index contributed by atoms with van der Waals surface area (Å²) < 4.78 is 41.0. The predicted molar refractivity (Wildman–Crippen MR) is 178 cm³/mol. The van der Waals surface area contributed by atoms with Crippen LogP contribution in [0.1, 0.15) is 74.4 Å². The summed E-state index contributed by atoms with van der Waals surface area (Å²) in [5.41, 5.74) is 3.55. The van der Waals surface area contributed by atoms with Crippen LogP contribution >= 0.6 is 0 Å². The Kier molecular flexibility index (Phi) is 8.44. The molecule has 2 N–H and O–H groups in total. The van der Waals surface area contributed by atoms with Crippen LogP contribution in [0.25, 0.3) is 11.3 Å². The van der Waals surface area contributed by atoms with Crippen LogP contribution in [0, 0.1) is 24.7 Å². The summed E-state index contributed by atoms with van der Waals surface area (Å²) in [6.07, 6.45) is 3.43. The highest BCUT2D eigenvalue weighted by Gasteiger charge is 2.56. The summed E-state index contributed by atoms with van der Waals surface area (Å²) in [4.78, 5) is 37.2. The van der Waals surface area contributed by atoms with Crippen molar-refractivity contribution < 1.29 is 27.5 Å². The number of hydrogen-bond donors (Lipinski definition) is 2. The molecule has 3 aliphatic rings. The lowest BCUT2D eigenvalue weighted by Gasteiger charge is -2.60. The predicted octanol–water partition coefficient (Wildman–Crippen LogP) is 5.87. The first kappa shape index (κ1) is 32.7. The van der Waals surface area contributed by atoms with Gasteiger partial charge in [0.2, 0.25) is 11.8 Å². The Hall–Kier alpha value is -4.19. The van der Waals surface area contributed by atoms with E-state index in [2.05, 4.69) is 40.8 Å². The number of nitrogens with zero attached hydrogens (tertiary/aromatic N) is 3. The maximum atomic E-state index is 14.5. The van der Waals surface area contributed by atoms with Crippen molar-refractivity contribution in [3.05, 3.63) is 65.2 Å². The minimum absolute atomic E-state index is 0.0436. The lowest BCUT2D eigenvalue weighted by molar-refractivity contribution is -0.0788. The molecule has 2 saturated carbocycles. The fourth-order valence-electron chi connectivity index (χ4n) is 7.55. The van der Waals surface area contributed by atoms with Gasteiger partial charge in [0.1, 0.15) is 6.61 Å². The number of nitrogens with one attached hydrogen (secondary N) is 2. The van der Waals surface area contributed by atoms with Gasteiger partial charge in [-0.05, 0) is 86.1 Å². The highest BCUT2D eigenvalue weighted by atomic mass is 32.2. The number of fused-ring (bicyclic) bond motifs is 4. The molecule has 2 heterocycles. The SMILES string of the molecule is COC(=O)NC1CC2(C1)CC(N1C(=O)c3cccc(c3)S(=O)(=O)Nc3nc(cc(-c4c(C)cccc4C)n3)OC[C@H]1CC(C)(C)C)C2. The molecule has 47 heavy (non-hydrogen) atoms. The molecule has 0 radical (unpaired) electrons. The number of sulfonamides is 1. The standard InChI is InChI=1S/C35H43N5O6S/c1-21-9-7-10-22(2)30(21)28-14-29-38-32(37-28)39-47(43,44)27-12-8-11-23(13-27)31(41)40(26(20-46-29)17-34(3,4)5)25-18-35(19-25)15-24(16-35)36-33(42)45-6/h7-14,24-26H,15-20H2,1-6H3,(H,36,42)(H,37,38,39)/t24?,25?,26-,35?/m1/s1. The second-order valence-electron chi connectivity index (χ2n) is 14.6. The number of anilines is 1. The minimum atomic E-state index is -4.15. The third-order valence-electron chi connectivity index (χ3n) is 9.55. The zero-order valence-electron chi connectivity index (χ0n) is 27.8. The minimum Gasteiger partial charge on any atom is -0.475 e. The average Bonchev–Trinajstić information content (AvgIpc) is 2.96. The first-order chi connectivity index (χ1) is 22.1. The normalized spacial score (nSPS) is 25.1. The van der Waals surface area contributed by atoms with E-state index in [9.17, 15) is 18.0 Å². The molecule has 1 aliphatic heterocycles. The number of benzene rings is 2. The molecule has 2 amide bonds. The molecule has 0 unspecified atom stereocenters. The number of carbonyl (C=O) groups is 2. The first-order valence-corrected chi connectivity index (χ1v) is 17.5. The van der Waals surface area contributed by atoms with Crippen molar-refractivity contribution >= 4 is 28.0 Å². The molecule has 1 atom stereocenters. The van der Waals surface area contributed by atoms with Gasteiger partial charge < -0.3 is 19.7 Å². The second-order valence-corrected chi connectivity index (χ2v) is 16.2. The van der Waals surface area contributed by atoms with E-state index in [1.165, 1.54) is 19.2 Å². The van der Waals surface area contributed by atoms with Crippen molar-refractivity contribution in [2.75, 3.05) is 18.4 Å². The Morgan fingerprint density at radius 2 is 1.74 bits per heavy atom. The lowest BCUT2D eigenvalue weighted by atomic mass is 9.51. The van der Waals surface area contributed by atoms with Gasteiger partial charge in [-0.2, -0.15) is 4.98 Å². The number of carbonyl (C=O) groups excluding carboxylic acids is 2. The van der Waals surface area contributed by atoms with Gasteiger partial charge in [0, 0.05) is 29.3 Å². The molecular formula is C35H43N5O6S. The largest absolute Gasteiger partial charge is 0.475 e. The van der Waals surface area contributed by atoms with Gasteiger partial charge in [-0.3, -0.25) is 4.79 Å². The molecule has 0 saturated heterocycles. The van der Waals surface area contributed by atoms with Crippen LogP contribution in [-0.4, -0.2) is 67.1 Å². The summed E-state index contributed by atoms with van der Waals surface area (Å²) in [7, 11) is -2.80. The Balaban J connectivity index is 1.40. The van der Waals surface area contributed by atoms with E-state index in [-0.39, 0.29) is 63.8 Å². The average molecular weight is 662 g/mol. The maximum absolute atomic E-state index is 14.5. The fraction of sp³-hybridized carbons (Fsp3) is 0.486. The number of methoxy groups -OCH3 is 1. The molecule has 2 aliphatic carbocycles. The van der Waals surface area contributed by atoms with E-state index in [4.69, 9.17) is 9.47 Å². The van der Waals surface area contributed by atoms with Crippen LogP contribution in [0.2, 0.25) is 0 Å². The third-order valence-corrected chi connectivity index (χ3v) is 10.9. The van der Waals surface area contributed by atoms with E-state index in [0.717, 1.165) is 42.4 Å². The van der Waals surface area contributed by atoms with Crippen LogP contribution in [0.3, 0.4) is 0 Å². The summed E-state index contributed by atoms with van der Waals surface area (Å²) in [5, 5.41) is 2.89. The van der Waals surface area contributed by atoms with Crippen molar-refractivity contribution in [3.8, 4) is 17.1 Å². The zero-order valence-corrected chi connectivity index (χ0v) is 28.6. The topological polar surface area (TPSA) is 140 Å². The van der Waals surface area contributed by atoms with E-state index < -0.39 is 16.1 Å². The van der Waals surface area contributed by atoms with Gasteiger partial charge in [-0.15, -0.1) is 0 Å². The molecule has 4 bridgehead atoms. The molecule has 2 fully saturated rings. The number of hydrogen-bond acceptors (Lipinski definition) is 8. The van der Waals surface area contributed by atoms with E-state index in [1.54, 1.807) is 18.2 Å². The highest BCUT2D eigenvalue weighted by molar-refractivity contribution is 7.92. The molecular weight excluding hydrogens is 618 g/mol. The van der Waals surface area contributed by atoms with Gasteiger partial charge in [-0.25, -0.2) is 22.9 Å². The van der Waals surface area contributed by atoms with E-state index >= 15 is 0 Å². The van der Waals surface area contributed by atoms with Crippen molar-refractivity contribution in [2.24, 2.45) is 10.8 Å². The summed E-state index contributed by atoms with van der Waals surface area (Å²) in [6.45, 7) is 10.5. The first-order valence-electron chi connectivity index (χ1n) is 16.0. The Bertz CT molecular complexity index is 1790. The van der Waals surface area contributed by atoms with Crippen LogP contribution in [0.15, 0.2) is 53.4 Å². The van der Waals surface area contributed by atoms with Crippen LogP contribution < -0.4 is 14.8 Å². The quantitative estimate of drug-likeness (QED) is 0.354. The smallest absolute Gasteiger partial charge is 0.407 e. The molecule has 250 valence electrons. The summed E-state index contributed by atoms with van der Waals surface area (Å²) in [6, 6.07) is 13.4. The van der Waals surface area contributed by atoms with Crippen molar-refractivity contribution in [2.45, 2.75) is 89.7 Å². The maximum Gasteiger partial charge on any atom is 0.407 e. The van der Waals surface area contributed by atoms with Crippen LogP contribution in [0.5, 0.6) is 5.88 Å². The number of alkyl carbamates (subject to hydrolysis) is 1. The monoisotopic (exact) mass is 661 g/mol. The molecule has 6 rings (SSSR count). The van der Waals surface area contributed by atoms with Crippen molar-refractivity contribution in [1.29, 1.82) is 0 Å². The summed E-state index contributed by atoms with van der Waals surface area (Å²) >= 11 is 0. The highest BCUT2D eigenvalue weighted by Crippen LogP contribution is 2.58. The Morgan fingerprint density at radius 1 is 1.06 bits per heavy atom. The number of rotatable bonds is 4. The molecule has 11 nitrogen and oxygen atoms in total. The van der Waals surface area contributed by atoms with Gasteiger partial charge >= 0.3 is 6.09 Å². The van der Waals surface area contributed by atoms with Crippen molar-refractivity contribution in [3.63, 3.8) is 0 Å². The van der Waals surface area contributed by atoms with Gasteiger partial charge in [0.25, 0.3) is 15.9 Å². The van der Waals surface area contributed by atoms with Crippen LogP contribution in [-0.2, 0) is 14.8 Å². The number of aromatic nitrogens is 2.